The molecule has 0 unspecified atom stereocenters. The SMILES string of the molecule is CCCN(C(=O)COC(=O)/C=C/c1cc(C)n(C2CC2)c1C)[C@H]1CCS(=O)(=O)C1. The molecule has 1 saturated heterocycles. The van der Waals surface area contributed by atoms with Crippen molar-refractivity contribution in [3.05, 3.63) is 29.1 Å². The molecule has 0 spiro atoms. The maximum absolute atomic E-state index is 12.5. The van der Waals surface area contributed by atoms with E-state index in [1.807, 2.05) is 19.9 Å². The molecule has 1 aliphatic carbocycles. The number of aromatic nitrogens is 1. The van der Waals surface area contributed by atoms with E-state index in [1.54, 1.807) is 11.0 Å². The number of rotatable bonds is 8. The largest absolute Gasteiger partial charge is 0.452 e. The minimum Gasteiger partial charge on any atom is -0.452 e. The van der Waals surface area contributed by atoms with E-state index in [0.29, 0.717) is 25.4 Å². The first-order valence-electron chi connectivity index (χ1n) is 10.2. The van der Waals surface area contributed by atoms with Crippen molar-refractivity contribution in [3.63, 3.8) is 0 Å². The fourth-order valence-corrected chi connectivity index (χ4v) is 5.79. The Labute approximate surface area is 172 Å². The van der Waals surface area contributed by atoms with Gasteiger partial charge >= 0.3 is 5.97 Å². The molecule has 3 rings (SSSR count). The van der Waals surface area contributed by atoms with Crippen molar-refractivity contribution >= 4 is 27.8 Å². The molecule has 8 heteroatoms. The molecule has 1 saturated carbocycles. The topological polar surface area (TPSA) is 85.7 Å². The standard InChI is InChI=1S/C21H30N2O5S/c1-4-10-22(19-9-11-29(26,27)14-19)20(24)13-28-21(25)8-5-17-12-15(2)23(16(17)3)18-6-7-18/h5,8,12,18-19H,4,6-7,9-11,13-14H2,1-3H3/b8-5+/t19-/m0/s1. The Bertz CT molecular complexity index is 912. The maximum atomic E-state index is 12.5. The molecule has 0 aromatic carbocycles. The fourth-order valence-electron chi connectivity index (χ4n) is 4.06. The summed E-state index contributed by atoms with van der Waals surface area (Å²) in [6.45, 7) is 6.11. The van der Waals surface area contributed by atoms with Crippen molar-refractivity contribution in [3.8, 4) is 0 Å². The van der Waals surface area contributed by atoms with Crippen LogP contribution < -0.4 is 0 Å². The lowest BCUT2D eigenvalue weighted by Gasteiger charge is -2.27. The number of carbonyl (C=O) groups is 2. The molecule has 2 aliphatic rings. The van der Waals surface area contributed by atoms with E-state index in [9.17, 15) is 18.0 Å². The van der Waals surface area contributed by atoms with E-state index >= 15 is 0 Å². The number of nitrogens with zero attached hydrogens (tertiary/aromatic N) is 2. The van der Waals surface area contributed by atoms with Crippen LogP contribution in [0.25, 0.3) is 6.08 Å². The quantitative estimate of drug-likeness (QED) is 0.474. The lowest BCUT2D eigenvalue weighted by molar-refractivity contribution is -0.149. The number of carbonyl (C=O) groups excluding carboxylic acids is 2. The van der Waals surface area contributed by atoms with Gasteiger partial charge in [-0.1, -0.05) is 6.92 Å². The van der Waals surface area contributed by atoms with Gasteiger partial charge in [0.05, 0.1) is 11.5 Å². The second-order valence-electron chi connectivity index (χ2n) is 8.01. The van der Waals surface area contributed by atoms with Gasteiger partial charge in [0.2, 0.25) is 0 Å². The zero-order chi connectivity index (χ0) is 21.2. The Balaban J connectivity index is 1.56. The van der Waals surface area contributed by atoms with Crippen LogP contribution >= 0.6 is 0 Å². The van der Waals surface area contributed by atoms with Crippen LogP contribution in [0.15, 0.2) is 12.1 Å². The molecule has 1 atom stereocenters. The highest BCUT2D eigenvalue weighted by molar-refractivity contribution is 7.91. The van der Waals surface area contributed by atoms with Gasteiger partial charge in [0, 0.05) is 36.1 Å². The van der Waals surface area contributed by atoms with Gasteiger partial charge in [0.25, 0.3) is 5.91 Å². The van der Waals surface area contributed by atoms with Crippen molar-refractivity contribution in [1.29, 1.82) is 0 Å². The Morgan fingerprint density at radius 3 is 2.59 bits per heavy atom. The van der Waals surface area contributed by atoms with Gasteiger partial charge in [0.15, 0.2) is 16.4 Å². The van der Waals surface area contributed by atoms with Gasteiger partial charge in [-0.3, -0.25) is 4.79 Å². The van der Waals surface area contributed by atoms with Gasteiger partial charge in [-0.2, -0.15) is 0 Å². The molecule has 0 N–H and O–H groups in total. The van der Waals surface area contributed by atoms with Crippen molar-refractivity contribution in [2.24, 2.45) is 0 Å². The van der Waals surface area contributed by atoms with Crippen LogP contribution in [-0.2, 0) is 24.2 Å². The first-order valence-corrected chi connectivity index (χ1v) is 12.1. The maximum Gasteiger partial charge on any atom is 0.331 e. The van der Waals surface area contributed by atoms with Crippen molar-refractivity contribution in [2.75, 3.05) is 24.7 Å². The second-order valence-corrected chi connectivity index (χ2v) is 10.2. The molecule has 2 heterocycles. The first-order chi connectivity index (χ1) is 13.7. The molecular weight excluding hydrogens is 392 g/mol. The second kappa shape index (κ2) is 8.73. The molecule has 0 bridgehead atoms. The molecule has 1 aromatic rings. The molecule has 1 amide bonds. The van der Waals surface area contributed by atoms with Gasteiger partial charge in [-0.15, -0.1) is 0 Å². The predicted octanol–water partition coefficient (Wildman–Crippen LogP) is 2.42. The number of amides is 1. The van der Waals surface area contributed by atoms with Crippen LogP contribution in [0.4, 0.5) is 0 Å². The zero-order valence-electron chi connectivity index (χ0n) is 17.4. The van der Waals surface area contributed by atoms with E-state index in [-0.39, 0.29) is 30.1 Å². The summed E-state index contributed by atoms with van der Waals surface area (Å²) >= 11 is 0. The summed E-state index contributed by atoms with van der Waals surface area (Å²) in [5.74, 6) is -0.830. The van der Waals surface area contributed by atoms with Crippen LogP contribution in [0.2, 0.25) is 0 Å². The highest BCUT2D eigenvalue weighted by Gasteiger charge is 2.34. The van der Waals surface area contributed by atoms with E-state index in [0.717, 1.165) is 11.3 Å². The van der Waals surface area contributed by atoms with E-state index in [1.165, 1.54) is 24.6 Å². The summed E-state index contributed by atoms with van der Waals surface area (Å²) in [5, 5.41) is 0. The summed E-state index contributed by atoms with van der Waals surface area (Å²) in [4.78, 5) is 26.2. The average molecular weight is 423 g/mol. The third-order valence-electron chi connectivity index (χ3n) is 5.61. The normalized spacial score (nSPS) is 20.9. The van der Waals surface area contributed by atoms with Gasteiger partial charge in [-0.05, 0) is 57.2 Å². The number of hydrogen-bond donors (Lipinski definition) is 0. The highest BCUT2D eigenvalue weighted by Crippen LogP contribution is 2.38. The number of aryl methyl sites for hydroxylation is 1. The lowest BCUT2D eigenvalue weighted by Crippen LogP contribution is -2.43. The summed E-state index contributed by atoms with van der Waals surface area (Å²) in [6.07, 6.45) is 6.61. The van der Waals surface area contributed by atoms with Crippen molar-refractivity contribution in [1.82, 2.24) is 9.47 Å². The van der Waals surface area contributed by atoms with Gasteiger partial charge < -0.3 is 14.2 Å². The average Bonchev–Trinajstić information content (AvgIpc) is 3.36. The lowest BCUT2D eigenvalue weighted by atomic mass is 10.2. The van der Waals surface area contributed by atoms with Crippen LogP contribution in [0.1, 0.15) is 55.6 Å². The molecule has 7 nitrogen and oxygen atoms in total. The molecule has 2 fully saturated rings. The third-order valence-corrected chi connectivity index (χ3v) is 7.36. The zero-order valence-corrected chi connectivity index (χ0v) is 18.2. The Morgan fingerprint density at radius 1 is 1.28 bits per heavy atom. The molecule has 29 heavy (non-hydrogen) atoms. The predicted molar refractivity (Wildman–Crippen MR) is 111 cm³/mol. The Hall–Kier alpha value is -2.09. The van der Waals surface area contributed by atoms with E-state index in [2.05, 4.69) is 11.5 Å². The molecule has 160 valence electrons. The summed E-state index contributed by atoms with van der Waals surface area (Å²) < 4.78 is 30.9. The van der Waals surface area contributed by atoms with Crippen LogP contribution in [-0.4, -0.2) is 60.5 Å². The number of sulfone groups is 1. The Morgan fingerprint density at radius 2 is 2.00 bits per heavy atom. The summed E-state index contributed by atoms with van der Waals surface area (Å²) in [6, 6.07) is 2.30. The van der Waals surface area contributed by atoms with E-state index in [4.69, 9.17) is 4.74 Å². The summed E-state index contributed by atoms with van der Waals surface area (Å²) in [5.41, 5.74) is 3.28. The molecule has 0 radical (unpaired) electrons. The Kier molecular flexibility index (Phi) is 6.51. The molecular formula is C21H30N2O5S. The molecule has 1 aliphatic heterocycles. The number of esters is 1. The van der Waals surface area contributed by atoms with Crippen LogP contribution in [0.5, 0.6) is 0 Å². The minimum absolute atomic E-state index is 0.0107. The van der Waals surface area contributed by atoms with E-state index < -0.39 is 15.8 Å². The highest BCUT2D eigenvalue weighted by atomic mass is 32.2. The minimum atomic E-state index is -3.09. The fraction of sp³-hybridized carbons (Fsp3) is 0.619. The van der Waals surface area contributed by atoms with Gasteiger partial charge in [-0.25, -0.2) is 13.2 Å². The first kappa shape index (κ1) is 21.6. The van der Waals surface area contributed by atoms with Crippen LogP contribution in [0.3, 0.4) is 0 Å². The monoisotopic (exact) mass is 422 g/mol. The van der Waals surface area contributed by atoms with Crippen molar-refractivity contribution in [2.45, 2.75) is 58.5 Å². The van der Waals surface area contributed by atoms with Crippen LogP contribution in [0, 0.1) is 13.8 Å². The number of hydrogen-bond acceptors (Lipinski definition) is 5. The van der Waals surface area contributed by atoms with Gasteiger partial charge in [0.1, 0.15) is 0 Å². The molecule has 1 aromatic heterocycles. The number of ether oxygens (including phenoxy) is 1. The third kappa shape index (κ3) is 5.29. The summed E-state index contributed by atoms with van der Waals surface area (Å²) in [7, 11) is -3.09. The van der Waals surface area contributed by atoms with Crippen molar-refractivity contribution < 1.29 is 22.7 Å². The smallest absolute Gasteiger partial charge is 0.331 e.